The fourth-order valence-corrected chi connectivity index (χ4v) is 9.56. The minimum atomic E-state index is -1.66. The van der Waals surface area contributed by atoms with Gasteiger partial charge in [-0.15, -0.1) is 0 Å². The maximum Gasteiger partial charge on any atom is 0.249 e. The second kappa shape index (κ2) is 46.9. The summed E-state index contributed by atoms with van der Waals surface area (Å²) in [4.78, 5) is 13.1. The lowest BCUT2D eigenvalue weighted by molar-refractivity contribution is -0.303. The van der Waals surface area contributed by atoms with Gasteiger partial charge in [0.2, 0.25) is 5.91 Å². The molecule has 9 unspecified atom stereocenters. The molecule has 11 heteroatoms. The standard InChI is InChI=1S/C57H111NO10/c1-3-5-7-9-11-13-15-16-17-18-19-20-21-22-23-24-25-26-27-28-29-30-31-32-33-35-36-38-40-42-44-49(60)52(62)48(47-67-57-55(65)54(64)53(63)51(46-59)68-57)58-56(66)50(61)45-43-41-39-37-34-14-12-10-8-6-4-2/h12,14,48-55,57,59-65H,3-11,13,15-47H2,1-2H3,(H,58,66)/b14-12-. The highest BCUT2D eigenvalue weighted by Gasteiger charge is 2.44. The van der Waals surface area contributed by atoms with Crippen LogP contribution in [0.3, 0.4) is 0 Å². The predicted molar refractivity (Wildman–Crippen MR) is 279 cm³/mol. The molecule has 9 atom stereocenters. The number of nitrogens with one attached hydrogen (secondary N) is 1. The van der Waals surface area contributed by atoms with Crippen LogP contribution in [0.4, 0.5) is 0 Å². The smallest absolute Gasteiger partial charge is 0.249 e. The van der Waals surface area contributed by atoms with E-state index in [-0.39, 0.29) is 6.42 Å². The summed E-state index contributed by atoms with van der Waals surface area (Å²) < 4.78 is 11.1. The number of ether oxygens (including phenoxy) is 2. The Balaban J connectivity index is 2.20. The Labute approximate surface area is 417 Å². The highest BCUT2D eigenvalue weighted by molar-refractivity contribution is 5.80. The highest BCUT2D eigenvalue weighted by atomic mass is 16.7. The first-order valence-corrected chi connectivity index (χ1v) is 29.1. The van der Waals surface area contributed by atoms with Crippen molar-refractivity contribution in [3.63, 3.8) is 0 Å². The van der Waals surface area contributed by atoms with Crippen LogP contribution in [-0.2, 0) is 14.3 Å². The van der Waals surface area contributed by atoms with Gasteiger partial charge in [-0.2, -0.15) is 0 Å². The molecule has 0 spiro atoms. The Bertz CT molecular complexity index is 1110. The van der Waals surface area contributed by atoms with Gasteiger partial charge < -0.3 is 50.5 Å². The van der Waals surface area contributed by atoms with Crippen molar-refractivity contribution in [2.45, 2.75) is 332 Å². The number of unbranched alkanes of at least 4 members (excludes halogenated alkanes) is 36. The molecule has 0 aromatic carbocycles. The third-order valence-corrected chi connectivity index (χ3v) is 14.3. The van der Waals surface area contributed by atoms with Crippen LogP contribution in [0.2, 0.25) is 0 Å². The molecule has 1 amide bonds. The third kappa shape index (κ3) is 35.1. The number of hydrogen-bond acceptors (Lipinski definition) is 10. The second-order valence-corrected chi connectivity index (χ2v) is 20.7. The monoisotopic (exact) mass is 970 g/mol. The molecule has 1 aliphatic rings. The van der Waals surface area contributed by atoms with Crippen molar-refractivity contribution in [1.82, 2.24) is 5.32 Å². The highest BCUT2D eigenvalue weighted by Crippen LogP contribution is 2.24. The number of aliphatic hydroxyl groups is 7. The summed E-state index contributed by atoms with van der Waals surface area (Å²) in [5.41, 5.74) is 0. The van der Waals surface area contributed by atoms with E-state index in [1.54, 1.807) is 0 Å². The number of allylic oxidation sites excluding steroid dienone is 2. The van der Waals surface area contributed by atoms with Crippen molar-refractivity contribution >= 4 is 5.91 Å². The van der Waals surface area contributed by atoms with Gasteiger partial charge in [0.05, 0.1) is 25.4 Å². The molecule has 1 rings (SSSR count). The molecule has 0 radical (unpaired) electrons. The number of aliphatic hydroxyl groups excluding tert-OH is 7. The summed E-state index contributed by atoms with van der Waals surface area (Å²) in [5, 5.41) is 75.9. The molecule has 1 heterocycles. The SMILES string of the molecule is CCCCC/C=C\CCCCCCC(O)C(=O)NC(COC1OC(CO)C(O)C(O)C1O)C(O)C(O)CCCCCCCCCCCCCCCCCCCCCCCCCCCCCCCC. The minimum Gasteiger partial charge on any atom is -0.394 e. The number of amides is 1. The van der Waals surface area contributed by atoms with Crippen molar-refractivity contribution in [2.24, 2.45) is 0 Å². The Morgan fingerprint density at radius 1 is 0.500 bits per heavy atom. The lowest BCUT2D eigenvalue weighted by Crippen LogP contribution is -2.60. The van der Waals surface area contributed by atoms with Gasteiger partial charge >= 0.3 is 0 Å². The molecular weight excluding hydrogens is 859 g/mol. The fraction of sp³-hybridized carbons (Fsp3) is 0.947. The molecule has 11 nitrogen and oxygen atoms in total. The van der Waals surface area contributed by atoms with Crippen molar-refractivity contribution < 1.29 is 50.0 Å². The topological polar surface area (TPSA) is 189 Å². The van der Waals surface area contributed by atoms with Crippen LogP contribution in [0, 0.1) is 0 Å². The molecular formula is C57H111NO10. The number of carbonyl (C=O) groups is 1. The summed E-state index contributed by atoms with van der Waals surface area (Å²) in [5.74, 6) is -0.704. The maximum absolute atomic E-state index is 13.1. The van der Waals surface area contributed by atoms with Crippen LogP contribution in [0.25, 0.3) is 0 Å². The quantitative estimate of drug-likeness (QED) is 0.0215. The molecule has 0 aromatic heterocycles. The fourth-order valence-electron chi connectivity index (χ4n) is 9.56. The first-order chi connectivity index (χ1) is 33.2. The number of rotatable bonds is 50. The van der Waals surface area contributed by atoms with E-state index >= 15 is 0 Å². The van der Waals surface area contributed by atoms with Gasteiger partial charge in [0, 0.05) is 0 Å². The van der Waals surface area contributed by atoms with Gasteiger partial charge in [-0.05, 0) is 38.5 Å². The van der Waals surface area contributed by atoms with Crippen molar-refractivity contribution in [3.05, 3.63) is 12.2 Å². The predicted octanol–water partition coefficient (Wildman–Crippen LogP) is 12.0. The average molecular weight is 971 g/mol. The first kappa shape index (κ1) is 64.9. The summed E-state index contributed by atoms with van der Waals surface area (Å²) in [6.45, 7) is 3.43. The van der Waals surface area contributed by atoms with E-state index in [0.717, 1.165) is 51.4 Å². The average Bonchev–Trinajstić information content (AvgIpc) is 3.34. The largest absolute Gasteiger partial charge is 0.394 e. The van der Waals surface area contributed by atoms with Crippen LogP contribution in [0.15, 0.2) is 12.2 Å². The van der Waals surface area contributed by atoms with E-state index in [9.17, 15) is 40.5 Å². The Morgan fingerprint density at radius 3 is 1.26 bits per heavy atom. The zero-order chi connectivity index (χ0) is 49.7. The van der Waals surface area contributed by atoms with Gasteiger partial charge in [0.15, 0.2) is 6.29 Å². The zero-order valence-corrected chi connectivity index (χ0v) is 44.1. The number of carbonyl (C=O) groups excluding carboxylic acids is 1. The molecule has 0 aromatic rings. The molecule has 0 saturated carbocycles. The first-order valence-electron chi connectivity index (χ1n) is 29.1. The normalized spacial score (nSPS) is 20.5. The van der Waals surface area contributed by atoms with Crippen LogP contribution in [0.1, 0.15) is 277 Å². The van der Waals surface area contributed by atoms with Crippen molar-refractivity contribution in [2.75, 3.05) is 13.2 Å². The molecule has 404 valence electrons. The molecule has 1 saturated heterocycles. The van der Waals surface area contributed by atoms with E-state index in [1.807, 2.05) is 0 Å². The molecule has 0 aliphatic carbocycles. The Hall–Kier alpha value is -1.15. The lowest BCUT2D eigenvalue weighted by atomic mass is 9.98. The van der Waals surface area contributed by atoms with Gasteiger partial charge in [0.1, 0.15) is 36.6 Å². The summed E-state index contributed by atoms with van der Waals surface area (Å²) in [6, 6.07) is -1.17. The van der Waals surface area contributed by atoms with E-state index in [0.29, 0.717) is 19.3 Å². The summed E-state index contributed by atoms with van der Waals surface area (Å²) in [7, 11) is 0. The lowest BCUT2D eigenvalue weighted by Gasteiger charge is -2.40. The zero-order valence-electron chi connectivity index (χ0n) is 44.1. The van der Waals surface area contributed by atoms with Crippen LogP contribution in [-0.4, -0.2) is 110 Å². The number of hydrogen-bond donors (Lipinski definition) is 8. The Morgan fingerprint density at radius 2 is 0.853 bits per heavy atom. The molecule has 1 fully saturated rings. The third-order valence-electron chi connectivity index (χ3n) is 14.3. The summed E-state index contributed by atoms with van der Waals surface area (Å²) >= 11 is 0. The van der Waals surface area contributed by atoms with E-state index in [2.05, 4.69) is 31.3 Å². The van der Waals surface area contributed by atoms with Crippen molar-refractivity contribution in [1.29, 1.82) is 0 Å². The summed E-state index contributed by atoms with van der Waals surface area (Å²) in [6.07, 6.45) is 43.0. The molecule has 8 N–H and O–H groups in total. The second-order valence-electron chi connectivity index (χ2n) is 20.7. The van der Waals surface area contributed by atoms with Gasteiger partial charge in [-0.1, -0.05) is 251 Å². The molecule has 68 heavy (non-hydrogen) atoms. The van der Waals surface area contributed by atoms with Crippen molar-refractivity contribution in [3.8, 4) is 0 Å². The van der Waals surface area contributed by atoms with Crippen LogP contribution < -0.4 is 5.32 Å². The van der Waals surface area contributed by atoms with E-state index < -0.39 is 74.2 Å². The Kier molecular flexibility index (Phi) is 44.7. The molecule has 1 aliphatic heterocycles. The van der Waals surface area contributed by atoms with Gasteiger partial charge in [0.25, 0.3) is 0 Å². The molecule has 0 bridgehead atoms. The van der Waals surface area contributed by atoms with Crippen LogP contribution >= 0.6 is 0 Å². The van der Waals surface area contributed by atoms with Crippen LogP contribution in [0.5, 0.6) is 0 Å². The minimum absolute atomic E-state index is 0.247. The van der Waals surface area contributed by atoms with E-state index in [1.165, 1.54) is 186 Å². The van der Waals surface area contributed by atoms with Gasteiger partial charge in [-0.3, -0.25) is 4.79 Å². The van der Waals surface area contributed by atoms with E-state index in [4.69, 9.17) is 9.47 Å². The maximum atomic E-state index is 13.1. The van der Waals surface area contributed by atoms with Gasteiger partial charge in [-0.25, -0.2) is 0 Å².